The topological polar surface area (TPSA) is 58.2 Å². The highest BCUT2D eigenvalue weighted by atomic mass is 19.1. The van der Waals surface area contributed by atoms with Gasteiger partial charge in [-0.2, -0.15) is 0 Å². The summed E-state index contributed by atoms with van der Waals surface area (Å²) in [6, 6.07) is 5.78. The lowest BCUT2D eigenvalue weighted by Crippen LogP contribution is -2.44. The molecule has 0 aromatic heterocycles. The van der Waals surface area contributed by atoms with Gasteiger partial charge in [0.1, 0.15) is 5.82 Å². The van der Waals surface area contributed by atoms with Crippen LogP contribution in [0, 0.1) is 11.7 Å². The smallest absolute Gasteiger partial charge is 0.262 e. The minimum atomic E-state index is -0.413. The molecule has 1 aromatic carbocycles. The summed E-state index contributed by atoms with van der Waals surface area (Å²) in [6.45, 7) is 0. The van der Waals surface area contributed by atoms with Crippen molar-refractivity contribution in [3.63, 3.8) is 0 Å². The van der Waals surface area contributed by atoms with Crippen LogP contribution in [0.4, 0.5) is 4.39 Å². The molecule has 0 bridgehead atoms. The molecule has 1 fully saturated rings. The highest BCUT2D eigenvalue weighted by Crippen LogP contribution is 2.23. The van der Waals surface area contributed by atoms with Crippen LogP contribution in [0.1, 0.15) is 37.7 Å². The summed E-state index contributed by atoms with van der Waals surface area (Å²) >= 11 is 0. The van der Waals surface area contributed by atoms with Crippen LogP contribution in [0.15, 0.2) is 30.3 Å². The summed E-state index contributed by atoms with van der Waals surface area (Å²) < 4.78 is 12.7. The van der Waals surface area contributed by atoms with Gasteiger partial charge >= 0.3 is 0 Å². The van der Waals surface area contributed by atoms with E-state index in [1.165, 1.54) is 24.6 Å². The largest absolute Gasteiger partial charge is 0.273 e. The maximum Gasteiger partial charge on any atom is 0.262 e. The lowest BCUT2D eigenvalue weighted by atomic mass is 9.89. The Morgan fingerprint density at radius 3 is 2.38 bits per heavy atom. The fourth-order valence-corrected chi connectivity index (χ4v) is 2.38. The molecule has 0 atom stereocenters. The van der Waals surface area contributed by atoms with Crippen molar-refractivity contribution in [2.24, 2.45) is 5.92 Å². The zero-order valence-electron chi connectivity index (χ0n) is 11.8. The highest BCUT2D eigenvalue weighted by Gasteiger charge is 2.20. The summed E-state index contributed by atoms with van der Waals surface area (Å²) in [4.78, 5) is 23.4. The van der Waals surface area contributed by atoms with Crippen molar-refractivity contribution in [2.75, 3.05) is 0 Å². The van der Waals surface area contributed by atoms with E-state index in [1.807, 2.05) is 0 Å². The summed E-state index contributed by atoms with van der Waals surface area (Å²) in [5.41, 5.74) is 5.52. The van der Waals surface area contributed by atoms with Crippen LogP contribution in [0.25, 0.3) is 6.08 Å². The molecule has 112 valence electrons. The Hall–Kier alpha value is -2.17. The molecule has 0 saturated heterocycles. The Balaban J connectivity index is 1.76. The maximum absolute atomic E-state index is 12.7. The Morgan fingerprint density at radius 2 is 1.71 bits per heavy atom. The third-order valence-corrected chi connectivity index (χ3v) is 3.58. The van der Waals surface area contributed by atoms with Gasteiger partial charge in [0.25, 0.3) is 5.91 Å². The monoisotopic (exact) mass is 290 g/mol. The number of hydrogen-bond donors (Lipinski definition) is 2. The number of amides is 2. The van der Waals surface area contributed by atoms with E-state index in [0.29, 0.717) is 5.56 Å². The van der Waals surface area contributed by atoms with Gasteiger partial charge in [0.2, 0.25) is 5.91 Å². The molecule has 1 saturated carbocycles. The predicted molar refractivity (Wildman–Crippen MR) is 78.3 cm³/mol. The van der Waals surface area contributed by atoms with Crippen molar-refractivity contribution < 1.29 is 14.0 Å². The van der Waals surface area contributed by atoms with Crippen molar-refractivity contribution in [3.05, 3.63) is 41.7 Å². The molecule has 1 aliphatic rings. The zero-order chi connectivity index (χ0) is 15.1. The van der Waals surface area contributed by atoms with E-state index >= 15 is 0 Å². The van der Waals surface area contributed by atoms with E-state index in [-0.39, 0.29) is 17.6 Å². The van der Waals surface area contributed by atoms with E-state index in [9.17, 15) is 14.0 Å². The fourth-order valence-electron chi connectivity index (χ4n) is 2.38. The molecular weight excluding hydrogens is 271 g/mol. The number of hydrogen-bond acceptors (Lipinski definition) is 2. The summed E-state index contributed by atoms with van der Waals surface area (Å²) in [5, 5.41) is 0. The van der Waals surface area contributed by atoms with Crippen LogP contribution in [-0.2, 0) is 9.59 Å². The number of carbonyl (C=O) groups excluding carboxylic acids is 2. The van der Waals surface area contributed by atoms with Gasteiger partial charge in [-0.15, -0.1) is 0 Å². The minimum absolute atomic E-state index is 0.000119. The molecule has 0 heterocycles. The van der Waals surface area contributed by atoms with Crippen LogP contribution >= 0.6 is 0 Å². The SMILES string of the molecule is O=C(C=Cc1ccc(F)cc1)NNC(=O)C1CCCCC1. The summed E-state index contributed by atoms with van der Waals surface area (Å²) in [5.74, 6) is -0.863. The van der Waals surface area contributed by atoms with E-state index in [4.69, 9.17) is 0 Å². The van der Waals surface area contributed by atoms with Crippen LogP contribution in [-0.4, -0.2) is 11.8 Å². The summed E-state index contributed by atoms with van der Waals surface area (Å²) in [6.07, 6.45) is 7.93. The van der Waals surface area contributed by atoms with Gasteiger partial charge in [0, 0.05) is 12.0 Å². The first kappa shape index (κ1) is 15.2. The van der Waals surface area contributed by atoms with Crippen molar-refractivity contribution in [1.29, 1.82) is 0 Å². The van der Waals surface area contributed by atoms with Crippen molar-refractivity contribution in [1.82, 2.24) is 10.9 Å². The van der Waals surface area contributed by atoms with Crippen LogP contribution in [0.2, 0.25) is 0 Å². The van der Waals surface area contributed by atoms with Crippen LogP contribution < -0.4 is 10.9 Å². The second-order valence-electron chi connectivity index (χ2n) is 5.20. The number of carbonyl (C=O) groups is 2. The lowest BCUT2D eigenvalue weighted by Gasteiger charge is -2.20. The first-order valence-electron chi connectivity index (χ1n) is 7.18. The molecule has 0 spiro atoms. The van der Waals surface area contributed by atoms with Gasteiger partial charge < -0.3 is 0 Å². The Kier molecular flexibility index (Phi) is 5.49. The number of hydrazine groups is 1. The second-order valence-corrected chi connectivity index (χ2v) is 5.20. The first-order chi connectivity index (χ1) is 10.1. The standard InChI is InChI=1S/C16H19FN2O2/c17-14-9-6-12(7-10-14)8-11-15(20)18-19-16(21)13-4-2-1-3-5-13/h6-11,13H,1-5H2,(H,18,20)(H,19,21). The molecule has 2 amide bonds. The average Bonchev–Trinajstić information content (AvgIpc) is 2.53. The Labute approximate surface area is 123 Å². The average molecular weight is 290 g/mol. The molecule has 0 radical (unpaired) electrons. The molecule has 0 aliphatic heterocycles. The molecule has 1 aliphatic carbocycles. The van der Waals surface area contributed by atoms with Crippen molar-refractivity contribution in [2.45, 2.75) is 32.1 Å². The minimum Gasteiger partial charge on any atom is -0.273 e. The molecule has 1 aromatic rings. The van der Waals surface area contributed by atoms with E-state index < -0.39 is 5.91 Å². The molecular formula is C16H19FN2O2. The molecule has 2 rings (SSSR count). The number of nitrogens with one attached hydrogen (secondary N) is 2. The molecule has 21 heavy (non-hydrogen) atoms. The fraction of sp³-hybridized carbons (Fsp3) is 0.375. The highest BCUT2D eigenvalue weighted by molar-refractivity contribution is 5.93. The molecule has 2 N–H and O–H groups in total. The number of rotatable bonds is 3. The summed E-state index contributed by atoms with van der Waals surface area (Å²) in [7, 11) is 0. The quantitative estimate of drug-likeness (QED) is 0.664. The normalized spacial score (nSPS) is 15.9. The zero-order valence-corrected chi connectivity index (χ0v) is 11.8. The van der Waals surface area contributed by atoms with Gasteiger partial charge in [0.15, 0.2) is 0 Å². The van der Waals surface area contributed by atoms with Crippen molar-refractivity contribution >= 4 is 17.9 Å². The maximum atomic E-state index is 12.7. The first-order valence-corrected chi connectivity index (χ1v) is 7.18. The van der Waals surface area contributed by atoms with E-state index in [2.05, 4.69) is 10.9 Å². The number of benzene rings is 1. The third kappa shape index (κ3) is 5.02. The number of halogens is 1. The van der Waals surface area contributed by atoms with E-state index in [1.54, 1.807) is 18.2 Å². The molecule has 0 unspecified atom stereocenters. The van der Waals surface area contributed by atoms with Crippen LogP contribution in [0.5, 0.6) is 0 Å². The lowest BCUT2D eigenvalue weighted by molar-refractivity contribution is -0.130. The van der Waals surface area contributed by atoms with Gasteiger partial charge in [-0.3, -0.25) is 20.4 Å². The predicted octanol–water partition coefficient (Wildman–Crippen LogP) is 2.57. The van der Waals surface area contributed by atoms with E-state index in [0.717, 1.165) is 25.7 Å². The molecule has 4 nitrogen and oxygen atoms in total. The van der Waals surface area contributed by atoms with Gasteiger partial charge in [-0.1, -0.05) is 31.4 Å². The molecule has 5 heteroatoms. The second kappa shape index (κ2) is 7.57. The third-order valence-electron chi connectivity index (χ3n) is 3.58. The van der Waals surface area contributed by atoms with Gasteiger partial charge in [-0.25, -0.2) is 4.39 Å². The van der Waals surface area contributed by atoms with Gasteiger partial charge in [0.05, 0.1) is 0 Å². The Morgan fingerprint density at radius 1 is 1.05 bits per heavy atom. The van der Waals surface area contributed by atoms with Crippen molar-refractivity contribution in [3.8, 4) is 0 Å². The van der Waals surface area contributed by atoms with Crippen LogP contribution in [0.3, 0.4) is 0 Å². The Bertz CT molecular complexity index is 520. The van der Waals surface area contributed by atoms with Gasteiger partial charge in [-0.05, 0) is 36.6 Å².